The monoisotopic (exact) mass is 423 g/mol. The molecule has 162 valence electrons. The van der Waals surface area contributed by atoms with E-state index in [0.29, 0.717) is 12.2 Å². The molecule has 1 heterocycles. The quantitative estimate of drug-likeness (QED) is 0.761. The van der Waals surface area contributed by atoms with Gasteiger partial charge in [-0.1, -0.05) is 19.3 Å². The summed E-state index contributed by atoms with van der Waals surface area (Å²) in [6, 6.07) is 6.53. The number of hydrogen-bond acceptors (Lipinski definition) is 5. The Balaban J connectivity index is 1.58. The number of nitrogens with one attached hydrogen (secondary N) is 1. The number of hydrogen-bond donors (Lipinski definition) is 1. The van der Waals surface area contributed by atoms with Crippen molar-refractivity contribution in [1.29, 1.82) is 0 Å². The highest BCUT2D eigenvalue weighted by Crippen LogP contribution is 2.27. The van der Waals surface area contributed by atoms with Crippen LogP contribution in [0.1, 0.15) is 46.0 Å². The third kappa shape index (κ3) is 5.78. The van der Waals surface area contributed by atoms with Crippen LogP contribution in [0, 0.1) is 0 Å². The van der Waals surface area contributed by atoms with Crippen LogP contribution in [0.4, 0.5) is 5.69 Å². The number of ether oxygens (including phenoxy) is 1. The summed E-state index contributed by atoms with van der Waals surface area (Å²) in [5.41, 5.74) is 0.601. The summed E-state index contributed by atoms with van der Waals surface area (Å²) in [6.07, 6.45) is 5.40. The Labute approximate surface area is 174 Å². The van der Waals surface area contributed by atoms with Gasteiger partial charge in [-0.3, -0.25) is 9.69 Å². The van der Waals surface area contributed by atoms with Gasteiger partial charge in [0, 0.05) is 31.9 Å². The van der Waals surface area contributed by atoms with E-state index in [9.17, 15) is 13.2 Å². The molecule has 2 aliphatic rings. The lowest BCUT2D eigenvalue weighted by Gasteiger charge is -2.34. The molecular weight excluding hydrogens is 390 g/mol. The van der Waals surface area contributed by atoms with Crippen LogP contribution in [-0.4, -0.2) is 68.5 Å². The van der Waals surface area contributed by atoms with Crippen molar-refractivity contribution in [2.24, 2.45) is 0 Å². The van der Waals surface area contributed by atoms with Gasteiger partial charge in [-0.2, -0.15) is 4.31 Å². The predicted octanol–water partition coefficient (Wildman–Crippen LogP) is 2.69. The van der Waals surface area contributed by atoms with E-state index in [0.717, 1.165) is 38.8 Å². The molecule has 1 aromatic rings. The van der Waals surface area contributed by atoms with Gasteiger partial charge >= 0.3 is 0 Å². The fourth-order valence-corrected chi connectivity index (χ4v) is 5.75. The van der Waals surface area contributed by atoms with Crippen LogP contribution in [0.5, 0.6) is 0 Å². The van der Waals surface area contributed by atoms with Gasteiger partial charge in [0.15, 0.2) is 0 Å². The molecule has 29 heavy (non-hydrogen) atoms. The second-order valence-electron chi connectivity index (χ2n) is 8.34. The third-order valence-corrected chi connectivity index (χ3v) is 7.69. The van der Waals surface area contributed by atoms with Crippen LogP contribution >= 0.6 is 0 Å². The first-order valence-corrected chi connectivity index (χ1v) is 12.0. The lowest BCUT2D eigenvalue weighted by atomic mass is 9.96. The molecule has 1 amide bonds. The van der Waals surface area contributed by atoms with Crippen molar-refractivity contribution in [3.05, 3.63) is 24.3 Å². The Bertz CT molecular complexity index is 781. The molecule has 0 spiro atoms. The van der Waals surface area contributed by atoms with Gasteiger partial charge in [-0.05, 0) is 51.0 Å². The maximum Gasteiger partial charge on any atom is 0.243 e. The van der Waals surface area contributed by atoms with Crippen LogP contribution in [-0.2, 0) is 19.6 Å². The Kier molecular flexibility index (Phi) is 7.32. The zero-order chi connectivity index (χ0) is 21.0. The van der Waals surface area contributed by atoms with E-state index in [1.54, 1.807) is 31.3 Å². The van der Waals surface area contributed by atoms with Crippen molar-refractivity contribution in [3.8, 4) is 0 Å². The molecule has 0 bridgehead atoms. The van der Waals surface area contributed by atoms with Crippen LogP contribution in [0.3, 0.4) is 0 Å². The molecule has 0 aromatic heterocycles. The molecule has 1 aromatic carbocycles. The fraction of sp³-hybridized carbons (Fsp3) is 0.667. The summed E-state index contributed by atoms with van der Waals surface area (Å²) in [7, 11) is -1.85. The van der Waals surface area contributed by atoms with Crippen molar-refractivity contribution in [3.63, 3.8) is 0 Å². The molecule has 1 aliphatic heterocycles. The predicted molar refractivity (Wildman–Crippen MR) is 113 cm³/mol. The molecule has 1 saturated carbocycles. The normalized spacial score (nSPS) is 24.6. The Morgan fingerprint density at radius 1 is 1.10 bits per heavy atom. The minimum Gasteiger partial charge on any atom is -0.373 e. The average Bonchev–Trinajstić information content (AvgIpc) is 2.67. The number of rotatable bonds is 6. The van der Waals surface area contributed by atoms with Gasteiger partial charge in [0.1, 0.15) is 0 Å². The van der Waals surface area contributed by atoms with Crippen molar-refractivity contribution in [2.45, 2.75) is 69.1 Å². The van der Waals surface area contributed by atoms with Crippen molar-refractivity contribution in [1.82, 2.24) is 9.21 Å². The van der Waals surface area contributed by atoms with E-state index in [1.165, 1.54) is 10.7 Å². The van der Waals surface area contributed by atoms with E-state index in [-0.39, 0.29) is 29.1 Å². The smallest absolute Gasteiger partial charge is 0.243 e. The number of carbonyl (C=O) groups excluding carboxylic acids is 1. The first-order valence-electron chi connectivity index (χ1n) is 10.5. The van der Waals surface area contributed by atoms with Crippen molar-refractivity contribution in [2.75, 3.05) is 32.0 Å². The Hall–Kier alpha value is -1.48. The molecule has 0 radical (unpaired) electrons. The van der Waals surface area contributed by atoms with E-state index >= 15 is 0 Å². The lowest BCUT2D eigenvalue weighted by Crippen LogP contribution is -2.48. The zero-order valence-corrected chi connectivity index (χ0v) is 18.5. The lowest BCUT2D eigenvalue weighted by molar-refractivity contribution is -0.121. The number of benzene rings is 1. The second kappa shape index (κ2) is 9.55. The van der Waals surface area contributed by atoms with Gasteiger partial charge in [0.25, 0.3) is 0 Å². The number of anilines is 1. The van der Waals surface area contributed by atoms with Gasteiger partial charge < -0.3 is 10.1 Å². The molecule has 7 nitrogen and oxygen atoms in total. The van der Waals surface area contributed by atoms with Crippen LogP contribution in [0.25, 0.3) is 0 Å². The molecule has 8 heteroatoms. The largest absolute Gasteiger partial charge is 0.373 e. The molecule has 1 aliphatic carbocycles. The molecule has 0 unspecified atom stereocenters. The standard InChI is InChI=1S/C21H33N3O4S/c1-16-13-24(14-17(2)28-16)15-21(25)22-18-9-11-20(12-10-18)29(26,27)23(3)19-7-5-4-6-8-19/h9-12,16-17,19H,4-8,13-15H2,1-3H3,(H,22,25)/t16-,17+. The molecule has 1 N–H and O–H groups in total. The molecule has 2 atom stereocenters. The van der Waals surface area contributed by atoms with Crippen LogP contribution < -0.4 is 5.32 Å². The maximum atomic E-state index is 12.9. The highest BCUT2D eigenvalue weighted by Gasteiger charge is 2.29. The summed E-state index contributed by atoms with van der Waals surface area (Å²) < 4.78 is 33.0. The number of nitrogens with zero attached hydrogens (tertiary/aromatic N) is 2. The van der Waals surface area contributed by atoms with Crippen molar-refractivity contribution >= 4 is 21.6 Å². The van der Waals surface area contributed by atoms with E-state index in [2.05, 4.69) is 10.2 Å². The van der Waals surface area contributed by atoms with Gasteiger partial charge in [-0.25, -0.2) is 8.42 Å². The topological polar surface area (TPSA) is 79.0 Å². The average molecular weight is 424 g/mol. The van der Waals surface area contributed by atoms with Crippen LogP contribution in [0.15, 0.2) is 29.2 Å². The summed E-state index contributed by atoms with van der Waals surface area (Å²) in [4.78, 5) is 14.7. The number of amides is 1. The van der Waals surface area contributed by atoms with Gasteiger partial charge in [0.05, 0.1) is 23.6 Å². The number of sulfonamides is 1. The summed E-state index contributed by atoms with van der Waals surface area (Å²) in [6.45, 7) is 5.75. The minimum absolute atomic E-state index is 0.0754. The Morgan fingerprint density at radius 3 is 2.28 bits per heavy atom. The number of carbonyl (C=O) groups is 1. The summed E-state index contributed by atoms with van der Waals surface area (Å²) in [5.74, 6) is -0.110. The second-order valence-corrected chi connectivity index (χ2v) is 10.3. The first kappa shape index (κ1) is 22.2. The SMILES string of the molecule is C[C@@H]1CN(CC(=O)Nc2ccc(S(=O)(=O)N(C)C3CCCCC3)cc2)C[C@H](C)O1. The molecule has 3 rings (SSSR count). The fourth-order valence-electron chi connectivity index (χ4n) is 4.33. The van der Waals surface area contributed by atoms with E-state index < -0.39 is 10.0 Å². The van der Waals surface area contributed by atoms with E-state index in [1.807, 2.05) is 13.8 Å². The highest BCUT2D eigenvalue weighted by molar-refractivity contribution is 7.89. The van der Waals surface area contributed by atoms with E-state index in [4.69, 9.17) is 4.74 Å². The van der Waals surface area contributed by atoms with Crippen molar-refractivity contribution < 1.29 is 17.9 Å². The molecule has 2 fully saturated rings. The number of morpholine rings is 1. The summed E-state index contributed by atoms with van der Waals surface area (Å²) >= 11 is 0. The maximum absolute atomic E-state index is 12.9. The highest BCUT2D eigenvalue weighted by atomic mass is 32.2. The summed E-state index contributed by atoms with van der Waals surface area (Å²) in [5, 5.41) is 2.86. The zero-order valence-electron chi connectivity index (χ0n) is 17.6. The third-order valence-electron chi connectivity index (χ3n) is 5.77. The van der Waals surface area contributed by atoms with Crippen LogP contribution in [0.2, 0.25) is 0 Å². The molecule has 1 saturated heterocycles. The van der Waals surface area contributed by atoms with Gasteiger partial charge in [0.2, 0.25) is 15.9 Å². The first-order chi connectivity index (χ1) is 13.8. The minimum atomic E-state index is -3.52. The Morgan fingerprint density at radius 2 is 1.69 bits per heavy atom. The molecular formula is C21H33N3O4S. The van der Waals surface area contributed by atoms with Gasteiger partial charge in [-0.15, -0.1) is 0 Å².